The number of hydrogen-bond acceptors (Lipinski definition) is 6. The molecule has 4 rings (SSSR count). The Hall–Kier alpha value is -3.17. The molecule has 1 aliphatic heterocycles. The van der Waals surface area contributed by atoms with Crippen molar-refractivity contribution in [3.63, 3.8) is 0 Å². The van der Waals surface area contributed by atoms with Crippen LogP contribution in [-0.2, 0) is 10.9 Å². The number of hydrogen-bond donors (Lipinski definition) is 0. The molecule has 1 saturated heterocycles. The zero-order chi connectivity index (χ0) is 21.3. The van der Waals surface area contributed by atoms with Crippen molar-refractivity contribution in [1.82, 2.24) is 19.8 Å². The van der Waals surface area contributed by atoms with Gasteiger partial charge in [-0.2, -0.15) is 17.7 Å². The second-order valence-corrected chi connectivity index (χ2v) is 7.09. The van der Waals surface area contributed by atoms with Gasteiger partial charge in [-0.15, -0.1) is 15.3 Å². The summed E-state index contributed by atoms with van der Waals surface area (Å²) in [6.45, 7) is 3.36. The number of aromatic nitrogens is 4. The van der Waals surface area contributed by atoms with Gasteiger partial charge >= 0.3 is 12.1 Å². The zero-order valence-electron chi connectivity index (χ0n) is 16.3. The smallest absolute Gasteiger partial charge is 0.453 e. The van der Waals surface area contributed by atoms with Crippen LogP contribution in [0.3, 0.4) is 0 Å². The molecule has 158 valence electrons. The fraction of sp³-hybridized carbons (Fsp3) is 0.400. The minimum Gasteiger partial charge on any atom is -0.462 e. The molecule has 0 aliphatic carbocycles. The Morgan fingerprint density at radius 3 is 2.63 bits per heavy atom. The van der Waals surface area contributed by atoms with Crippen LogP contribution >= 0.6 is 0 Å². The number of carbonyl (C=O) groups is 1. The number of anilines is 1. The summed E-state index contributed by atoms with van der Waals surface area (Å²) in [7, 11) is 0. The molecule has 0 radical (unpaired) electrons. The van der Waals surface area contributed by atoms with Crippen LogP contribution in [0.4, 0.5) is 19.0 Å². The van der Waals surface area contributed by atoms with Crippen LogP contribution in [0.15, 0.2) is 36.4 Å². The lowest BCUT2D eigenvalue weighted by atomic mass is 9.88. The van der Waals surface area contributed by atoms with Crippen LogP contribution in [0.2, 0.25) is 0 Å². The van der Waals surface area contributed by atoms with Crippen molar-refractivity contribution >= 4 is 17.4 Å². The van der Waals surface area contributed by atoms with Crippen LogP contribution in [0.5, 0.6) is 0 Å². The Bertz CT molecular complexity index is 1060. The molecule has 0 unspecified atom stereocenters. The van der Waals surface area contributed by atoms with E-state index in [1.54, 1.807) is 19.1 Å². The summed E-state index contributed by atoms with van der Waals surface area (Å²) in [5.74, 6) is -0.778. The molecule has 30 heavy (non-hydrogen) atoms. The molecule has 1 aliphatic rings. The molecule has 0 saturated carbocycles. The zero-order valence-corrected chi connectivity index (χ0v) is 16.3. The third-order valence-corrected chi connectivity index (χ3v) is 5.19. The van der Waals surface area contributed by atoms with E-state index in [2.05, 4.69) is 15.3 Å². The fourth-order valence-electron chi connectivity index (χ4n) is 3.70. The maximum Gasteiger partial charge on any atom is 0.453 e. The summed E-state index contributed by atoms with van der Waals surface area (Å²) < 4.78 is 45.1. The highest BCUT2D eigenvalue weighted by atomic mass is 19.4. The number of piperidine rings is 1. The quantitative estimate of drug-likeness (QED) is 0.601. The molecule has 7 nitrogen and oxygen atoms in total. The number of rotatable bonds is 4. The van der Waals surface area contributed by atoms with Crippen molar-refractivity contribution < 1.29 is 22.7 Å². The number of alkyl halides is 3. The van der Waals surface area contributed by atoms with Gasteiger partial charge in [0.15, 0.2) is 5.65 Å². The van der Waals surface area contributed by atoms with E-state index in [0.717, 1.165) is 22.9 Å². The van der Waals surface area contributed by atoms with Gasteiger partial charge in [-0.1, -0.05) is 12.1 Å². The second kappa shape index (κ2) is 7.92. The van der Waals surface area contributed by atoms with E-state index < -0.39 is 12.0 Å². The first-order valence-corrected chi connectivity index (χ1v) is 9.68. The van der Waals surface area contributed by atoms with Crippen molar-refractivity contribution in [2.24, 2.45) is 0 Å². The number of fused-ring (bicyclic) bond motifs is 1. The highest BCUT2D eigenvalue weighted by Gasteiger charge is 2.38. The highest BCUT2D eigenvalue weighted by molar-refractivity contribution is 5.89. The largest absolute Gasteiger partial charge is 0.462 e. The van der Waals surface area contributed by atoms with E-state index in [1.165, 1.54) is 6.07 Å². The van der Waals surface area contributed by atoms with Crippen molar-refractivity contribution in [3.05, 3.63) is 53.3 Å². The van der Waals surface area contributed by atoms with Gasteiger partial charge in [0, 0.05) is 13.1 Å². The number of halogens is 3. The van der Waals surface area contributed by atoms with Gasteiger partial charge < -0.3 is 9.64 Å². The Balaban J connectivity index is 1.49. The minimum absolute atomic E-state index is 0.0525. The SMILES string of the molecule is CCOC(=O)c1cccc(C2CCN(c3ccc4nnc(C(F)(F)F)n4n3)CC2)c1. The van der Waals surface area contributed by atoms with Gasteiger partial charge in [-0.05, 0) is 55.5 Å². The number of esters is 1. The minimum atomic E-state index is -4.62. The van der Waals surface area contributed by atoms with Gasteiger partial charge in [0.05, 0.1) is 12.2 Å². The molecule has 0 amide bonds. The van der Waals surface area contributed by atoms with E-state index in [1.807, 2.05) is 23.1 Å². The van der Waals surface area contributed by atoms with Crippen LogP contribution in [0, 0.1) is 0 Å². The summed E-state index contributed by atoms with van der Waals surface area (Å²) in [5, 5.41) is 10.9. The molecule has 3 heterocycles. The molecule has 0 N–H and O–H groups in total. The third-order valence-electron chi connectivity index (χ3n) is 5.19. The molecular formula is C20H20F3N5O2. The molecule has 2 aromatic heterocycles. The Kier molecular flexibility index (Phi) is 5.31. The average Bonchev–Trinajstić information content (AvgIpc) is 3.18. The monoisotopic (exact) mass is 419 g/mol. The van der Waals surface area contributed by atoms with Crippen molar-refractivity contribution in [2.75, 3.05) is 24.6 Å². The van der Waals surface area contributed by atoms with Crippen molar-refractivity contribution in [1.29, 1.82) is 0 Å². The lowest BCUT2D eigenvalue weighted by Gasteiger charge is -2.33. The fourth-order valence-corrected chi connectivity index (χ4v) is 3.70. The van der Waals surface area contributed by atoms with Crippen molar-refractivity contribution in [3.8, 4) is 0 Å². The first-order chi connectivity index (χ1) is 14.4. The van der Waals surface area contributed by atoms with E-state index in [9.17, 15) is 18.0 Å². The predicted octanol–water partition coefficient (Wildman–Crippen LogP) is 3.70. The van der Waals surface area contributed by atoms with E-state index in [0.29, 0.717) is 31.1 Å². The van der Waals surface area contributed by atoms with Crippen LogP contribution in [0.25, 0.3) is 5.65 Å². The van der Waals surface area contributed by atoms with Gasteiger partial charge in [0.25, 0.3) is 5.82 Å². The summed E-state index contributed by atoms with van der Waals surface area (Å²) in [6.07, 6.45) is -3.04. The topological polar surface area (TPSA) is 72.6 Å². The molecule has 1 aromatic carbocycles. The lowest BCUT2D eigenvalue weighted by Crippen LogP contribution is -2.34. The molecular weight excluding hydrogens is 399 g/mol. The Labute approximate surface area is 170 Å². The first-order valence-electron chi connectivity index (χ1n) is 9.68. The van der Waals surface area contributed by atoms with Crippen LogP contribution in [-0.4, -0.2) is 45.5 Å². The normalized spacial score (nSPS) is 15.5. The summed E-state index contributed by atoms with van der Waals surface area (Å²) in [6, 6.07) is 10.6. The van der Waals surface area contributed by atoms with Crippen LogP contribution in [0.1, 0.15) is 47.4 Å². The lowest BCUT2D eigenvalue weighted by molar-refractivity contribution is -0.146. The average molecular weight is 419 g/mol. The van der Waals surface area contributed by atoms with Gasteiger partial charge in [-0.3, -0.25) is 0 Å². The van der Waals surface area contributed by atoms with E-state index in [-0.39, 0.29) is 17.5 Å². The van der Waals surface area contributed by atoms with E-state index >= 15 is 0 Å². The van der Waals surface area contributed by atoms with Gasteiger partial charge in [0.1, 0.15) is 5.82 Å². The standard InChI is InChI=1S/C20H20F3N5O2/c1-2-30-18(29)15-5-3-4-14(12-15)13-8-10-27(11-9-13)17-7-6-16-24-25-19(20(21,22)23)28(16)26-17/h3-7,12-13H,2,8-11H2,1H3. The predicted molar refractivity (Wildman–Crippen MR) is 102 cm³/mol. The Morgan fingerprint density at radius 1 is 1.17 bits per heavy atom. The van der Waals surface area contributed by atoms with E-state index in [4.69, 9.17) is 4.74 Å². The second-order valence-electron chi connectivity index (χ2n) is 7.09. The molecule has 0 spiro atoms. The first kappa shape index (κ1) is 20.1. The number of carbonyl (C=O) groups excluding carboxylic acids is 1. The Morgan fingerprint density at radius 2 is 1.93 bits per heavy atom. The third kappa shape index (κ3) is 3.94. The number of nitrogens with zero attached hydrogens (tertiary/aromatic N) is 5. The van der Waals surface area contributed by atoms with Crippen LogP contribution < -0.4 is 4.90 Å². The number of ether oxygens (including phenoxy) is 1. The molecule has 3 aromatic rings. The van der Waals surface area contributed by atoms with Gasteiger partial charge in [0.2, 0.25) is 0 Å². The molecule has 0 atom stereocenters. The van der Waals surface area contributed by atoms with Crippen molar-refractivity contribution in [2.45, 2.75) is 31.9 Å². The molecule has 0 bridgehead atoms. The van der Waals surface area contributed by atoms with Gasteiger partial charge in [-0.25, -0.2) is 4.79 Å². The molecule has 10 heteroatoms. The summed E-state index contributed by atoms with van der Waals surface area (Å²) in [4.78, 5) is 13.9. The number of benzene rings is 1. The highest BCUT2D eigenvalue weighted by Crippen LogP contribution is 2.31. The summed E-state index contributed by atoms with van der Waals surface area (Å²) >= 11 is 0. The maximum absolute atomic E-state index is 13.1. The summed E-state index contributed by atoms with van der Waals surface area (Å²) in [5.41, 5.74) is 1.63. The maximum atomic E-state index is 13.1. The molecule has 1 fully saturated rings.